The monoisotopic (exact) mass is 280 g/mol. The molecule has 2 atom stereocenters. The second-order valence-electron chi connectivity index (χ2n) is 5.21. The van der Waals surface area contributed by atoms with Crippen LogP contribution in [-0.2, 0) is 4.79 Å². The third kappa shape index (κ3) is 5.06. The molecular formula is C12H25ClN2OS. The van der Waals surface area contributed by atoms with E-state index in [4.69, 9.17) is 5.73 Å². The molecule has 0 aromatic heterocycles. The number of hydrogen-bond donors (Lipinski definition) is 2. The molecule has 3 N–H and O–H groups in total. The first kappa shape index (κ1) is 17.1. The molecule has 1 amide bonds. The highest BCUT2D eigenvalue weighted by Crippen LogP contribution is 2.31. The summed E-state index contributed by atoms with van der Waals surface area (Å²) in [5, 5.41) is 3.06. The Morgan fingerprint density at radius 1 is 1.47 bits per heavy atom. The van der Waals surface area contributed by atoms with Crippen molar-refractivity contribution < 1.29 is 4.79 Å². The van der Waals surface area contributed by atoms with E-state index in [1.54, 1.807) is 11.8 Å². The Bertz CT molecular complexity index is 249. The van der Waals surface area contributed by atoms with Gasteiger partial charge in [-0.3, -0.25) is 4.79 Å². The highest BCUT2D eigenvalue weighted by Gasteiger charge is 2.32. The maximum atomic E-state index is 12.0. The number of carbonyl (C=O) groups is 1. The molecule has 0 saturated heterocycles. The number of carbonyl (C=O) groups excluding carboxylic acids is 1. The summed E-state index contributed by atoms with van der Waals surface area (Å²) < 4.78 is 0.118. The molecule has 0 radical (unpaired) electrons. The predicted molar refractivity (Wildman–Crippen MR) is 77.7 cm³/mol. The lowest BCUT2D eigenvalue weighted by molar-refractivity contribution is -0.126. The van der Waals surface area contributed by atoms with Crippen molar-refractivity contribution in [3.05, 3.63) is 0 Å². The molecule has 0 aromatic carbocycles. The average Bonchev–Trinajstić information content (AvgIpc) is 2.74. The van der Waals surface area contributed by atoms with Crippen molar-refractivity contribution in [1.29, 1.82) is 0 Å². The van der Waals surface area contributed by atoms with Gasteiger partial charge in [0.05, 0.1) is 0 Å². The number of amides is 1. The first-order valence-corrected chi connectivity index (χ1v) is 7.25. The first-order valence-electron chi connectivity index (χ1n) is 6.03. The summed E-state index contributed by atoms with van der Waals surface area (Å²) in [6.07, 6.45) is 5.34. The van der Waals surface area contributed by atoms with Crippen LogP contribution in [0.4, 0.5) is 0 Å². The molecule has 17 heavy (non-hydrogen) atoms. The number of thioether (sulfide) groups is 1. The summed E-state index contributed by atoms with van der Waals surface area (Å²) in [7, 11) is 0. The van der Waals surface area contributed by atoms with Gasteiger partial charge in [-0.1, -0.05) is 6.42 Å². The zero-order chi connectivity index (χ0) is 12.2. The van der Waals surface area contributed by atoms with Crippen LogP contribution in [0.3, 0.4) is 0 Å². The summed E-state index contributed by atoms with van der Waals surface area (Å²) in [6.45, 7) is 5.67. The molecule has 1 aliphatic carbocycles. The van der Waals surface area contributed by atoms with Crippen molar-refractivity contribution in [2.45, 2.75) is 37.9 Å². The smallest absolute Gasteiger partial charge is 0.223 e. The zero-order valence-electron chi connectivity index (χ0n) is 11.0. The summed E-state index contributed by atoms with van der Waals surface area (Å²) in [5.74, 6) is 0.759. The normalized spacial score (nSPS) is 24.2. The maximum absolute atomic E-state index is 12.0. The number of rotatable bonds is 5. The molecule has 1 aliphatic rings. The van der Waals surface area contributed by atoms with Crippen LogP contribution >= 0.6 is 24.2 Å². The number of nitrogens with two attached hydrogens (primary N) is 1. The van der Waals surface area contributed by atoms with Crippen LogP contribution in [0.2, 0.25) is 0 Å². The van der Waals surface area contributed by atoms with Gasteiger partial charge in [-0.25, -0.2) is 0 Å². The summed E-state index contributed by atoms with van der Waals surface area (Å²) in [4.78, 5) is 12.0. The Morgan fingerprint density at radius 2 is 2.12 bits per heavy atom. The number of nitrogens with one attached hydrogen (secondary N) is 1. The van der Waals surface area contributed by atoms with E-state index in [-0.39, 0.29) is 29.0 Å². The molecule has 0 bridgehead atoms. The van der Waals surface area contributed by atoms with Crippen molar-refractivity contribution in [3.63, 3.8) is 0 Å². The maximum Gasteiger partial charge on any atom is 0.223 e. The zero-order valence-corrected chi connectivity index (χ0v) is 12.6. The van der Waals surface area contributed by atoms with E-state index in [2.05, 4.69) is 25.4 Å². The van der Waals surface area contributed by atoms with Crippen molar-refractivity contribution in [1.82, 2.24) is 5.32 Å². The van der Waals surface area contributed by atoms with Crippen LogP contribution in [0, 0.1) is 11.8 Å². The molecule has 1 rings (SSSR count). The van der Waals surface area contributed by atoms with Gasteiger partial charge < -0.3 is 11.1 Å². The molecule has 0 spiro atoms. The minimum Gasteiger partial charge on any atom is -0.354 e. The predicted octanol–water partition coefficient (Wildman–Crippen LogP) is 2.04. The SMILES string of the molecule is CSC(C)(C)CNC(=O)[C@@H]1CCC[C@@H]1CN.Cl. The quantitative estimate of drug-likeness (QED) is 0.810. The number of halogens is 1. The van der Waals surface area contributed by atoms with Crippen LogP contribution in [0.1, 0.15) is 33.1 Å². The average molecular weight is 281 g/mol. The summed E-state index contributed by atoms with van der Waals surface area (Å²) in [5.41, 5.74) is 5.69. The van der Waals surface area contributed by atoms with E-state index in [9.17, 15) is 4.79 Å². The Kier molecular flexibility index (Phi) is 7.52. The van der Waals surface area contributed by atoms with Crippen molar-refractivity contribution in [2.75, 3.05) is 19.3 Å². The van der Waals surface area contributed by atoms with E-state index >= 15 is 0 Å². The molecule has 0 unspecified atom stereocenters. The van der Waals surface area contributed by atoms with E-state index in [1.807, 2.05) is 0 Å². The first-order chi connectivity index (χ1) is 7.50. The fourth-order valence-corrected chi connectivity index (χ4v) is 2.38. The van der Waals surface area contributed by atoms with Crippen molar-refractivity contribution in [3.8, 4) is 0 Å². The lowest BCUT2D eigenvalue weighted by Crippen LogP contribution is -2.41. The van der Waals surface area contributed by atoms with Gasteiger partial charge in [0, 0.05) is 17.2 Å². The van der Waals surface area contributed by atoms with E-state index in [0.29, 0.717) is 12.5 Å². The van der Waals surface area contributed by atoms with Gasteiger partial charge in [-0.15, -0.1) is 12.4 Å². The van der Waals surface area contributed by atoms with Crippen LogP contribution < -0.4 is 11.1 Å². The van der Waals surface area contributed by atoms with E-state index in [0.717, 1.165) is 25.8 Å². The largest absolute Gasteiger partial charge is 0.354 e. The van der Waals surface area contributed by atoms with Crippen molar-refractivity contribution in [2.24, 2.45) is 17.6 Å². The topological polar surface area (TPSA) is 55.1 Å². The van der Waals surface area contributed by atoms with Crippen LogP contribution in [0.15, 0.2) is 0 Å². The van der Waals surface area contributed by atoms with Gasteiger partial charge in [0.15, 0.2) is 0 Å². The lowest BCUT2D eigenvalue weighted by Gasteiger charge is -2.24. The summed E-state index contributed by atoms with van der Waals surface area (Å²) >= 11 is 1.78. The number of hydrogen-bond acceptors (Lipinski definition) is 3. The molecule has 0 aromatic rings. The van der Waals surface area contributed by atoms with Gasteiger partial charge in [-0.2, -0.15) is 11.8 Å². The molecular weight excluding hydrogens is 256 g/mol. The van der Waals surface area contributed by atoms with Crippen LogP contribution in [0.5, 0.6) is 0 Å². The molecule has 3 nitrogen and oxygen atoms in total. The second-order valence-corrected chi connectivity index (χ2v) is 6.73. The highest BCUT2D eigenvalue weighted by molar-refractivity contribution is 7.99. The minimum absolute atomic E-state index is 0. The van der Waals surface area contributed by atoms with Crippen LogP contribution in [-0.4, -0.2) is 30.0 Å². The lowest BCUT2D eigenvalue weighted by atomic mass is 9.95. The van der Waals surface area contributed by atoms with E-state index in [1.165, 1.54) is 0 Å². The Labute approximate surface area is 115 Å². The van der Waals surface area contributed by atoms with Crippen molar-refractivity contribution >= 4 is 30.1 Å². The minimum atomic E-state index is 0. The van der Waals surface area contributed by atoms with Gasteiger partial charge in [0.2, 0.25) is 5.91 Å². The second kappa shape index (κ2) is 7.49. The van der Waals surface area contributed by atoms with Crippen LogP contribution in [0.25, 0.3) is 0 Å². The van der Waals surface area contributed by atoms with Gasteiger partial charge >= 0.3 is 0 Å². The highest BCUT2D eigenvalue weighted by atomic mass is 35.5. The Balaban J connectivity index is 0.00000256. The van der Waals surface area contributed by atoms with E-state index < -0.39 is 0 Å². The summed E-state index contributed by atoms with van der Waals surface area (Å²) in [6, 6.07) is 0. The molecule has 5 heteroatoms. The Hall–Kier alpha value is 0.0700. The fraction of sp³-hybridized carbons (Fsp3) is 0.917. The molecule has 1 fully saturated rings. The Morgan fingerprint density at radius 3 is 2.65 bits per heavy atom. The van der Waals surface area contributed by atoms with Gasteiger partial charge in [0.25, 0.3) is 0 Å². The molecule has 0 heterocycles. The van der Waals surface area contributed by atoms with Gasteiger partial charge in [-0.05, 0) is 45.4 Å². The molecule has 1 saturated carbocycles. The molecule has 102 valence electrons. The molecule has 0 aliphatic heterocycles. The standard InChI is InChI=1S/C12H24N2OS.ClH/c1-12(2,16-3)8-14-11(15)10-6-4-5-9(10)7-13;/h9-10H,4-8,13H2,1-3H3,(H,14,15);1H/t9-,10-;/m1./s1. The van der Waals surface area contributed by atoms with Gasteiger partial charge in [0.1, 0.15) is 0 Å². The third-order valence-electron chi connectivity index (χ3n) is 3.54. The third-order valence-corrected chi connectivity index (χ3v) is 4.79. The fourth-order valence-electron chi connectivity index (χ4n) is 2.17.